The molecule has 0 saturated heterocycles. The number of alkyl halides is 1. The molecule has 0 bridgehead atoms. The molecule has 1 atom stereocenters. The maximum atomic E-state index is 11.6. The van der Waals surface area contributed by atoms with Gasteiger partial charge in [-0.3, -0.25) is 4.79 Å². The van der Waals surface area contributed by atoms with Crippen LogP contribution in [-0.4, -0.2) is 23.2 Å². The number of rotatable bonds is 5. The molecule has 0 spiro atoms. The normalized spacial score (nSPS) is 19.1. The fourth-order valence-electron chi connectivity index (χ4n) is 2.15. The van der Waals surface area contributed by atoms with Gasteiger partial charge in [0, 0.05) is 0 Å². The van der Waals surface area contributed by atoms with E-state index in [2.05, 4.69) is 15.9 Å². The lowest BCUT2D eigenvalue weighted by atomic mass is 9.85. The van der Waals surface area contributed by atoms with Crippen molar-refractivity contribution >= 4 is 27.7 Å². The standard InChI is InChI=1S/C12H19BrO3/c1-2-16-12(15)11(14)10(13)8-9-6-4-3-5-7-9/h9-10H,2-8H2,1H3/t10-/m1/s1. The first kappa shape index (κ1) is 13.7. The van der Waals surface area contributed by atoms with Crippen LogP contribution in [0.1, 0.15) is 45.4 Å². The first-order valence-corrected chi connectivity index (χ1v) is 6.91. The van der Waals surface area contributed by atoms with E-state index in [9.17, 15) is 9.59 Å². The Morgan fingerprint density at radius 1 is 1.31 bits per heavy atom. The highest BCUT2D eigenvalue weighted by Gasteiger charge is 2.27. The van der Waals surface area contributed by atoms with Gasteiger partial charge in [-0.2, -0.15) is 0 Å². The molecule has 0 N–H and O–H groups in total. The summed E-state index contributed by atoms with van der Waals surface area (Å²) in [6.45, 7) is 1.96. The van der Waals surface area contributed by atoms with Crippen LogP contribution in [0.3, 0.4) is 0 Å². The van der Waals surface area contributed by atoms with E-state index in [1.165, 1.54) is 32.1 Å². The lowest BCUT2D eigenvalue weighted by Gasteiger charge is -2.22. The minimum atomic E-state index is -0.708. The quantitative estimate of drug-likeness (QED) is 0.444. The molecule has 1 rings (SSSR count). The zero-order valence-electron chi connectivity index (χ0n) is 9.71. The van der Waals surface area contributed by atoms with Crippen molar-refractivity contribution in [2.45, 2.75) is 50.3 Å². The van der Waals surface area contributed by atoms with E-state index in [4.69, 9.17) is 4.74 Å². The number of ketones is 1. The molecule has 3 nitrogen and oxygen atoms in total. The Labute approximate surface area is 105 Å². The van der Waals surface area contributed by atoms with Crippen molar-refractivity contribution in [1.82, 2.24) is 0 Å². The van der Waals surface area contributed by atoms with E-state index >= 15 is 0 Å². The molecule has 4 heteroatoms. The van der Waals surface area contributed by atoms with Gasteiger partial charge < -0.3 is 4.74 Å². The van der Waals surface area contributed by atoms with Gasteiger partial charge in [-0.05, 0) is 19.3 Å². The zero-order chi connectivity index (χ0) is 12.0. The summed E-state index contributed by atoms with van der Waals surface area (Å²) in [6.07, 6.45) is 6.92. The molecule has 0 unspecified atom stereocenters. The fraction of sp³-hybridized carbons (Fsp3) is 0.833. The third-order valence-electron chi connectivity index (χ3n) is 3.03. The Balaban J connectivity index is 2.35. The summed E-state index contributed by atoms with van der Waals surface area (Å²) in [5.41, 5.74) is 0. The molecule has 0 aromatic heterocycles. The third-order valence-corrected chi connectivity index (χ3v) is 3.82. The van der Waals surface area contributed by atoms with Crippen LogP contribution in [-0.2, 0) is 14.3 Å². The van der Waals surface area contributed by atoms with Gasteiger partial charge in [0.05, 0.1) is 11.4 Å². The van der Waals surface area contributed by atoms with Crippen LogP contribution in [0, 0.1) is 5.92 Å². The highest BCUT2D eigenvalue weighted by molar-refractivity contribution is 9.10. The average Bonchev–Trinajstić information content (AvgIpc) is 2.29. The summed E-state index contributed by atoms with van der Waals surface area (Å²) in [6, 6.07) is 0. The Morgan fingerprint density at radius 3 is 2.50 bits per heavy atom. The molecule has 0 aromatic carbocycles. The molecule has 1 aliphatic carbocycles. The van der Waals surface area contributed by atoms with Crippen LogP contribution in [0.4, 0.5) is 0 Å². The Hall–Kier alpha value is -0.380. The van der Waals surface area contributed by atoms with E-state index in [-0.39, 0.29) is 11.4 Å². The van der Waals surface area contributed by atoms with E-state index in [1.54, 1.807) is 6.92 Å². The lowest BCUT2D eigenvalue weighted by Crippen LogP contribution is -2.28. The van der Waals surface area contributed by atoms with Crippen molar-refractivity contribution in [2.75, 3.05) is 6.61 Å². The van der Waals surface area contributed by atoms with E-state index < -0.39 is 11.8 Å². The SMILES string of the molecule is CCOC(=O)C(=O)[C@H](Br)CC1CCCCC1. The van der Waals surface area contributed by atoms with Gasteiger partial charge in [0.25, 0.3) is 5.78 Å². The topological polar surface area (TPSA) is 43.4 Å². The Kier molecular flexibility index (Phi) is 6.03. The molecule has 0 radical (unpaired) electrons. The van der Waals surface area contributed by atoms with Crippen molar-refractivity contribution in [3.8, 4) is 0 Å². The van der Waals surface area contributed by atoms with Crippen molar-refractivity contribution in [2.24, 2.45) is 5.92 Å². The first-order valence-electron chi connectivity index (χ1n) is 6.00. The summed E-state index contributed by atoms with van der Waals surface area (Å²) in [7, 11) is 0. The number of ether oxygens (including phenoxy) is 1. The number of esters is 1. The number of hydrogen-bond donors (Lipinski definition) is 0. The van der Waals surface area contributed by atoms with Crippen LogP contribution < -0.4 is 0 Å². The molecule has 1 saturated carbocycles. The van der Waals surface area contributed by atoms with Crippen molar-refractivity contribution in [3.05, 3.63) is 0 Å². The Morgan fingerprint density at radius 2 is 1.94 bits per heavy atom. The number of hydrogen-bond acceptors (Lipinski definition) is 3. The fourth-order valence-corrected chi connectivity index (χ4v) is 2.87. The van der Waals surface area contributed by atoms with Crippen LogP contribution in [0.2, 0.25) is 0 Å². The molecule has 1 aliphatic rings. The monoisotopic (exact) mass is 290 g/mol. The van der Waals surface area contributed by atoms with Gasteiger partial charge in [0.2, 0.25) is 0 Å². The highest BCUT2D eigenvalue weighted by Crippen LogP contribution is 2.29. The number of halogens is 1. The third kappa shape index (κ3) is 4.24. The molecule has 1 fully saturated rings. The van der Waals surface area contributed by atoms with Gasteiger partial charge in [0.1, 0.15) is 0 Å². The predicted octanol–water partition coefficient (Wildman–Crippen LogP) is 2.85. The molecule has 0 amide bonds. The molecular weight excluding hydrogens is 272 g/mol. The maximum Gasteiger partial charge on any atom is 0.375 e. The first-order chi connectivity index (χ1) is 7.65. The van der Waals surface area contributed by atoms with Gasteiger partial charge in [-0.1, -0.05) is 48.0 Å². The predicted molar refractivity (Wildman–Crippen MR) is 65.5 cm³/mol. The molecule has 0 heterocycles. The average molecular weight is 291 g/mol. The summed E-state index contributed by atoms with van der Waals surface area (Å²) in [4.78, 5) is 22.4. The van der Waals surface area contributed by atoms with Gasteiger partial charge in [-0.15, -0.1) is 0 Å². The summed E-state index contributed by atoms with van der Waals surface area (Å²) < 4.78 is 4.70. The molecule has 0 aromatic rings. The number of Topliss-reactive ketones (excluding diaryl/α,β-unsaturated/α-hetero) is 1. The van der Waals surface area contributed by atoms with Crippen LogP contribution >= 0.6 is 15.9 Å². The van der Waals surface area contributed by atoms with Crippen LogP contribution in [0.5, 0.6) is 0 Å². The van der Waals surface area contributed by atoms with Gasteiger partial charge in [0.15, 0.2) is 0 Å². The van der Waals surface area contributed by atoms with Gasteiger partial charge in [-0.25, -0.2) is 4.79 Å². The summed E-state index contributed by atoms with van der Waals surface area (Å²) in [5.74, 6) is -0.566. The molecular formula is C12H19BrO3. The lowest BCUT2D eigenvalue weighted by molar-refractivity contribution is -0.153. The molecule has 0 aliphatic heterocycles. The van der Waals surface area contributed by atoms with Crippen LogP contribution in [0.25, 0.3) is 0 Å². The molecule has 16 heavy (non-hydrogen) atoms. The Bertz CT molecular complexity index is 247. The summed E-state index contributed by atoms with van der Waals surface area (Å²) in [5, 5.41) is 0. The number of carbonyl (C=O) groups excluding carboxylic acids is 2. The summed E-state index contributed by atoms with van der Waals surface area (Å²) >= 11 is 3.30. The maximum absolute atomic E-state index is 11.6. The largest absolute Gasteiger partial charge is 0.460 e. The highest BCUT2D eigenvalue weighted by atomic mass is 79.9. The smallest absolute Gasteiger partial charge is 0.375 e. The van der Waals surface area contributed by atoms with Crippen molar-refractivity contribution in [1.29, 1.82) is 0 Å². The van der Waals surface area contributed by atoms with Crippen molar-refractivity contribution in [3.63, 3.8) is 0 Å². The zero-order valence-corrected chi connectivity index (χ0v) is 11.3. The molecule has 92 valence electrons. The minimum Gasteiger partial charge on any atom is -0.460 e. The van der Waals surface area contributed by atoms with Gasteiger partial charge >= 0.3 is 5.97 Å². The van der Waals surface area contributed by atoms with Crippen molar-refractivity contribution < 1.29 is 14.3 Å². The van der Waals surface area contributed by atoms with E-state index in [0.29, 0.717) is 5.92 Å². The van der Waals surface area contributed by atoms with E-state index in [0.717, 1.165) is 6.42 Å². The number of carbonyl (C=O) groups is 2. The second-order valence-corrected chi connectivity index (χ2v) is 5.40. The second-order valence-electron chi connectivity index (χ2n) is 4.29. The van der Waals surface area contributed by atoms with Crippen LogP contribution in [0.15, 0.2) is 0 Å². The minimum absolute atomic E-state index is 0.258. The second kappa shape index (κ2) is 7.05. The van der Waals surface area contributed by atoms with E-state index in [1.807, 2.05) is 0 Å².